The van der Waals surface area contributed by atoms with Crippen molar-refractivity contribution in [3.8, 4) is 0 Å². The second-order valence-corrected chi connectivity index (χ2v) is 6.46. The van der Waals surface area contributed by atoms with Crippen LogP contribution in [-0.2, 0) is 4.79 Å². The first-order valence-corrected chi connectivity index (χ1v) is 8.39. The number of hydrogen-bond donors (Lipinski definition) is 2. The maximum Gasteiger partial charge on any atom is 0.220 e. The van der Waals surface area contributed by atoms with E-state index < -0.39 is 0 Å². The van der Waals surface area contributed by atoms with Crippen LogP contribution >= 0.6 is 11.8 Å². The molecule has 1 fully saturated rings. The third kappa shape index (κ3) is 5.17. The van der Waals surface area contributed by atoms with Crippen LogP contribution in [-0.4, -0.2) is 28.9 Å². The average Bonchev–Trinajstić information content (AvgIpc) is 2.47. The first kappa shape index (κ1) is 15.4. The molecular weight excluding hydrogens is 270 g/mol. The molecule has 0 aliphatic heterocycles. The van der Waals surface area contributed by atoms with E-state index in [0.717, 1.165) is 37.9 Å². The minimum Gasteiger partial charge on any atom is -0.391 e. The number of carbonyl (C=O) groups is 1. The summed E-state index contributed by atoms with van der Waals surface area (Å²) in [5, 5.41) is 12.8. The van der Waals surface area contributed by atoms with Gasteiger partial charge in [0.05, 0.1) is 12.1 Å². The van der Waals surface area contributed by atoms with Gasteiger partial charge in [0.2, 0.25) is 5.91 Å². The smallest absolute Gasteiger partial charge is 0.220 e. The number of amides is 1. The molecule has 110 valence electrons. The van der Waals surface area contributed by atoms with Gasteiger partial charge in [0, 0.05) is 11.3 Å². The van der Waals surface area contributed by atoms with Gasteiger partial charge < -0.3 is 10.4 Å². The zero-order chi connectivity index (χ0) is 14.2. The van der Waals surface area contributed by atoms with E-state index in [1.54, 1.807) is 11.8 Å². The molecule has 1 aromatic carbocycles. The highest BCUT2D eigenvalue weighted by Crippen LogP contribution is 2.20. The summed E-state index contributed by atoms with van der Waals surface area (Å²) in [5.41, 5.74) is 0. The van der Waals surface area contributed by atoms with Gasteiger partial charge in [0.25, 0.3) is 0 Å². The normalized spacial score (nSPS) is 22.4. The molecule has 0 saturated heterocycles. The minimum atomic E-state index is -0.355. The molecular formula is C16H23NO2S. The van der Waals surface area contributed by atoms with Gasteiger partial charge >= 0.3 is 0 Å². The van der Waals surface area contributed by atoms with E-state index in [1.165, 1.54) is 4.90 Å². The van der Waals surface area contributed by atoms with Crippen LogP contribution in [0, 0.1) is 0 Å². The fourth-order valence-electron chi connectivity index (χ4n) is 2.50. The molecule has 4 heteroatoms. The van der Waals surface area contributed by atoms with Gasteiger partial charge in [-0.25, -0.2) is 0 Å². The third-order valence-electron chi connectivity index (χ3n) is 3.64. The maximum absolute atomic E-state index is 11.8. The summed E-state index contributed by atoms with van der Waals surface area (Å²) in [4.78, 5) is 13.1. The van der Waals surface area contributed by atoms with Crippen molar-refractivity contribution < 1.29 is 9.90 Å². The van der Waals surface area contributed by atoms with E-state index in [2.05, 4.69) is 17.4 Å². The molecule has 1 aliphatic carbocycles. The number of nitrogens with one attached hydrogen (secondary N) is 1. The molecule has 0 bridgehead atoms. The van der Waals surface area contributed by atoms with E-state index in [1.807, 2.05) is 18.2 Å². The number of benzene rings is 1. The maximum atomic E-state index is 11.8. The average molecular weight is 293 g/mol. The quantitative estimate of drug-likeness (QED) is 0.626. The summed E-state index contributed by atoms with van der Waals surface area (Å²) < 4.78 is 0. The molecule has 1 aromatic rings. The fraction of sp³-hybridized carbons (Fsp3) is 0.562. The van der Waals surface area contributed by atoms with Crippen molar-refractivity contribution >= 4 is 17.7 Å². The fourth-order valence-corrected chi connectivity index (χ4v) is 3.37. The van der Waals surface area contributed by atoms with Crippen LogP contribution in [0.5, 0.6) is 0 Å². The lowest BCUT2D eigenvalue weighted by Crippen LogP contribution is -2.45. The Labute approximate surface area is 125 Å². The Bertz CT molecular complexity index is 410. The highest BCUT2D eigenvalue weighted by Gasteiger charge is 2.23. The van der Waals surface area contributed by atoms with Crippen molar-refractivity contribution in [2.75, 3.05) is 5.75 Å². The number of thioether (sulfide) groups is 1. The van der Waals surface area contributed by atoms with Gasteiger partial charge in [-0.05, 0) is 37.1 Å². The number of aliphatic hydroxyl groups excluding tert-OH is 1. The number of aliphatic hydroxyl groups is 1. The molecule has 3 nitrogen and oxygen atoms in total. The first-order chi connectivity index (χ1) is 9.75. The van der Waals surface area contributed by atoms with Crippen LogP contribution in [0.2, 0.25) is 0 Å². The van der Waals surface area contributed by atoms with Gasteiger partial charge in [-0.15, -0.1) is 11.8 Å². The summed E-state index contributed by atoms with van der Waals surface area (Å²) in [6.07, 6.45) is 4.96. The number of rotatable bonds is 6. The Kier molecular flexibility index (Phi) is 6.40. The lowest BCUT2D eigenvalue weighted by Gasteiger charge is -2.28. The second kappa shape index (κ2) is 8.32. The van der Waals surface area contributed by atoms with E-state index in [-0.39, 0.29) is 18.1 Å². The van der Waals surface area contributed by atoms with Crippen LogP contribution in [0.1, 0.15) is 38.5 Å². The summed E-state index contributed by atoms with van der Waals surface area (Å²) in [6.45, 7) is 0. The standard InChI is InChI=1S/C16H23NO2S/c18-15-10-5-4-9-14(15)17-16(19)11-6-12-20-13-7-2-1-3-8-13/h1-3,7-8,14-15,18H,4-6,9-12H2,(H,17,19). The van der Waals surface area contributed by atoms with Crippen molar-refractivity contribution in [3.05, 3.63) is 30.3 Å². The van der Waals surface area contributed by atoms with Gasteiger partial charge in [0.15, 0.2) is 0 Å². The Morgan fingerprint density at radius 2 is 2.00 bits per heavy atom. The second-order valence-electron chi connectivity index (χ2n) is 5.29. The van der Waals surface area contributed by atoms with Crippen LogP contribution < -0.4 is 5.32 Å². The number of carbonyl (C=O) groups excluding carboxylic acids is 1. The van der Waals surface area contributed by atoms with Gasteiger partial charge in [0.1, 0.15) is 0 Å². The number of hydrogen-bond acceptors (Lipinski definition) is 3. The Balaban J connectivity index is 1.60. The predicted molar refractivity (Wildman–Crippen MR) is 82.8 cm³/mol. The highest BCUT2D eigenvalue weighted by molar-refractivity contribution is 7.99. The largest absolute Gasteiger partial charge is 0.391 e. The summed E-state index contributed by atoms with van der Waals surface area (Å²) in [6, 6.07) is 10.2. The summed E-state index contributed by atoms with van der Waals surface area (Å²) >= 11 is 1.78. The van der Waals surface area contributed by atoms with Gasteiger partial charge in [-0.3, -0.25) is 4.79 Å². The van der Waals surface area contributed by atoms with Gasteiger partial charge in [-0.1, -0.05) is 31.0 Å². The Morgan fingerprint density at radius 3 is 2.75 bits per heavy atom. The molecule has 0 heterocycles. The molecule has 2 atom stereocenters. The molecule has 2 unspecified atom stereocenters. The zero-order valence-corrected chi connectivity index (χ0v) is 12.6. The SMILES string of the molecule is O=C(CCCSc1ccccc1)NC1CCCCC1O. The topological polar surface area (TPSA) is 49.3 Å². The van der Waals surface area contributed by atoms with E-state index in [4.69, 9.17) is 0 Å². The Morgan fingerprint density at radius 1 is 1.25 bits per heavy atom. The summed E-state index contributed by atoms with van der Waals surface area (Å²) in [7, 11) is 0. The van der Waals surface area contributed by atoms with E-state index in [9.17, 15) is 9.90 Å². The monoisotopic (exact) mass is 293 g/mol. The van der Waals surface area contributed by atoms with Gasteiger partial charge in [-0.2, -0.15) is 0 Å². The molecule has 20 heavy (non-hydrogen) atoms. The third-order valence-corrected chi connectivity index (χ3v) is 4.73. The lowest BCUT2D eigenvalue weighted by atomic mass is 9.92. The molecule has 1 aliphatic rings. The zero-order valence-electron chi connectivity index (χ0n) is 11.8. The van der Waals surface area contributed by atoms with Crippen molar-refractivity contribution in [3.63, 3.8) is 0 Å². The first-order valence-electron chi connectivity index (χ1n) is 7.41. The van der Waals surface area contributed by atoms with Crippen molar-refractivity contribution in [2.24, 2.45) is 0 Å². The van der Waals surface area contributed by atoms with Crippen LogP contribution in [0.15, 0.2) is 35.2 Å². The predicted octanol–water partition coefficient (Wildman–Crippen LogP) is 2.98. The van der Waals surface area contributed by atoms with E-state index in [0.29, 0.717) is 6.42 Å². The summed E-state index contributed by atoms with van der Waals surface area (Å²) in [5.74, 6) is 1.02. The molecule has 1 saturated carbocycles. The Hall–Kier alpha value is -1.00. The van der Waals surface area contributed by atoms with Crippen LogP contribution in [0.3, 0.4) is 0 Å². The molecule has 2 rings (SSSR count). The minimum absolute atomic E-state index is 0.0296. The highest BCUT2D eigenvalue weighted by atomic mass is 32.2. The lowest BCUT2D eigenvalue weighted by molar-refractivity contribution is -0.123. The molecule has 2 N–H and O–H groups in total. The van der Waals surface area contributed by atoms with E-state index >= 15 is 0 Å². The molecule has 0 spiro atoms. The molecule has 0 radical (unpaired) electrons. The van der Waals surface area contributed by atoms with Crippen LogP contribution in [0.4, 0.5) is 0 Å². The molecule has 1 amide bonds. The van der Waals surface area contributed by atoms with Crippen LogP contribution in [0.25, 0.3) is 0 Å². The molecule has 0 aromatic heterocycles. The van der Waals surface area contributed by atoms with Crippen molar-refractivity contribution in [2.45, 2.75) is 55.6 Å². The van der Waals surface area contributed by atoms with Crippen molar-refractivity contribution in [1.29, 1.82) is 0 Å². The van der Waals surface area contributed by atoms with Crippen molar-refractivity contribution in [1.82, 2.24) is 5.32 Å².